The number of nitro benzene ring substituents is 1. The first-order valence-electron chi connectivity index (χ1n) is 5.91. The highest BCUT2D eigenvalue weighted by atomic mass is 127. The Kier molecular flexibility index (Phi) is 4.78. The van der Waals surface area contributed by atoms with Gasteiger partial charge in [-0.3, -0.25) is 10.1 Å². The zero-order chi connectivity index (χ0) is 14.5. The minimum absolute atomic E-state index is 0.0191. The summed E-state index contributed by atoms with van der Waals surface area (Å²) in [6.07, 6.45) is 0. The molecule has 0 aliphatic heterocycles. The fourth-order valence-electron chi connectivity index (χ4n) is 1.76. The van der Waals surface area contributed by atoms with Crippen LogP contribution in [0, 0.1) is 13.7 Å². The van der Waals surface area contributed by atoms with Gasteiger partial charge in [0.2, 0.25) is 0 Å². The lowest BCUT2D eigenvalue weighted by molar-refractivity contribution is -0.385. The van der Waals surface area contributed by atoms with E-state index in [-0.39, 0.29) is 11.4 Å². The van der Waals surface area contributed by atoms with E-state index in [9.17, 15) is 10.1 Å². The second kappa shape index (κ2) is 6.56. The molecule has 5 nitrogen and oxygen atoms in total. The molecule has 0 spiro atoms. The number of nitrogens with one attached hydrogen (secondary N) is 1. The van der Waals surface area contributed by atoms with Crippen LogP contribution in [-0.2, 0) is 6.54 Å². The minimum Gasteiger partial charge on any atom is -0.490 e. The van der Waals surface area contributed by atoms with Crippen LogP contribution in [0.3, 0.4) is 0 Å². The number of hydrogen-bond acceptors (Lipinski definition) is 4. The third kappa shape index (κ3) is 3.60. The first-order chi connectivity index (χ1) is 9.60. The average molecular weight is 384 g/mol. The number of nitrogens with zero attached hydrogens (tertiary/aromatic N) is 1. The number of methoxy groups -OCH3 is 1. The molecule has 0 aliphatic carbocycles. The molecule has 0 aliphatic rings. The van der Waals surface area contributed by atoms with Crippen LogP contribution in [0.15, 0.2) is 42.5 Å². The predicted molar refractivity (Wildman–Crippen MR) is 86.1 cm³/mol. The number of anilines is 1. The van der Waals surface area contributed by atoms with Gasteiger partial charge in [0.05, 0.1) is 12.0 Å². The lowest BCUT2D eigenvalue weighted by Gasteiger charge is -2.08. The Morgan fingerprint density at radius 3 is 2.55 bits per heavy atom. The summed E-state index contributed by atoms with van der Waals surface area (Å²) in [5.74, 6) is 0.271. The number of rotatable bonds is 5. The molecule has 0 bridgehead atoms. The van der Waals surface area contributed by atoms with E-state index in [1.807, 2.05) is 30.3 Å². The maximum Gasteiger partial charge on any atom is 0.311 e. The van der Waals surface area contributed by atoms with Gasteiger partial charge in [0.15, 0.2) is 5.75 Å². The zero-order valence-corrected chi connectivity index (χ0v) is 13.0. The largest absolute Gasteiger partial charge is 0.490 e. The van der Waals surface area contributed by atoms with Crippen molar-refractivity contribution in [2.24, 2.45) is 0 Å². The van der Waals surface area contributed by atoms with E-state index >= 15 is 0 Å². The monoisotopic (exact) mass is 384 g/mol. The molecular formula is C14H13IN2O3. The zero-order valence-electron chi connectivity index (χ0n) is 10.8. The van der Waals surface area contributed by atoms with Gasteiger partial charge < -0.3 is 10.1 Å². The van der Waals surface area contributed by atoms with E-state index in [0.717, 1.165) is 14.8 Å². The summed E-state index contributed by atoms with van der Waals surface area (Å²) in [7, 11) is 1.42. The van der Waals surface area contributed by atoms with E-state index in [2.05, 4.69) is 27.9 Å². The molecule has 20 heavy (non-hydrogen) atoms. The van der Waals surface area contributed by atoms with Crippen LogP contribution in [0.5, 0.6) is 5.75 Å². The van der Waals surface area contributed by atoms with Crippen molar-refractivity contribution in [3.63, 3.8) is 0 Å². The highest BCUT2D eigenvalue weighted by molar-refractivity contribution is 14.1. The van der Waals surface area contributed by atoms with Crippen molar-refractivity contribution < 1.29 is 9.66 Å². The molecule has 0 fully saturated rings. The minimum atomic E-state index is -0.437. The average Bonchev–Trinajstić information content (AvgIpc) is 2.46. The predicted octanol–water partition coefficient (Wildman–Crippen LogP) is 3.82. The molecule has 0 aromatic heterocycles. The Bertz CT molecular complexity index is 614. The van der Waals surface area contributed by atoms with Gasteiger partial charge >= 0.3 is 5.69 Å². The molecule has 2 aromatic rings. The fourth-order valence-corrected chi connectivity index (χ4v) is 2.12. The number of halogens is 1. The van der Waals surface area contributed by atoms with Crippen LogP contribution in [0.1, 0.15) is 5.56 Å². The van der Waals surface area contributed by atoms with Crippen molar-refractivity contribution in [1.82, 2.24) is 0 Å². The Balaban J connectivity index is 2.11. The summed E-state index contributed by atoms with van der Waals surface area (Å²) in [5, 5.41) is 14.2. The molecule has 2 rings (SSSR count). The topological polar surface area (TPSA) is 64.4 Å². The van der Waals surface area contributed by atoms with Gasteiger partial charge in [-0.25, -0.2) is 0 Å². The molecule has 2 aromatic carbocycles. The lowest BCUT2D eigenvalue weighted by atomic mass is 10.2. The first kappa shape index (κ1) is 14.6. The number of hydrogen-bond donors (Lipinski definition) is 1. The lowest BCUT2D eigenvalue weighted by Crippen LogP contribution is -2.01. The van der Waals surface area contributed by atoms with E-state index in [1.54, 1.807) is 6.07 Å². The second-order valence-corrected chi connectivity index (χ2v) is 5.37. The normalized spacial score (nSPS) is 10.1. The number of ether oxygens (including phenoxy) is 1. The highest BCUT2D eigenvalue weighted by Crippen LogP contribution is 2.27. The molecule has 0 atom stereocenters. The van der Waals surface area contributed by atoms with Crippen molar-refractivity contribution in [1.29, 1.82) is 0 Å². The maximum atomic E-state index is 10.9. The maximum absolute atomic E-state index is 10.9. The van der Waals surface area contributed by atoms with Crippen LogP contribution >= 0.6 is 22.6 Å². The Labute approximate surface area is 130 Å². The summed E-state index contributed by atoms with van der Waals surface area (Å²) in [5.41, 5.74) is 1.79. The van der Waals surface area contributed by atoms with E-state index in [4.69, 9.17) is 4.74 Å². The van der Waals surface area contributed by atoms with Crippen molar-refractivity contribution in [3.05, 3.63) is 61.7 Å². The van der Waals surface area contributed by atoms with Gasteiger partial charge in [-0.2, -0.15) is 0 Å². The molecule has 0 saturated carbocycles. The number of benzene rings is 2. The molecule has 0 heterocycles. The van der Waals surface area contributed by atoms with Crippen LogP contribution in [0.2, 0.25) is 0 Å². The van der Waals surface area contributed by atoms with Crippen LogP contribution in [0.4, 0.5) is 11.4 Å². The fraction of sp³-hybridized carbons (Fsp3) is 0.143. The summed E-state index contributed by atoms with van der Waals surface area (Å²) < 4.78 is 6.14. The van der Waals surface area contributed by atoms with Crippen molar-refractivity contribution in [3.8, 4) is 5.75 Å². The van der Waals surface area contributed by atoms with E-state index in [1.165, 1.54) is 13.2 Å². The van der Waals surface area contributed by atoms with Crippen molar-refractivity contribution in [2.75, 3.05) is 12.4 Å². The molecule has 0 saturated heterocycles. The Morgan fingerprint density at radius 2 is 1.95 bits per heavy atom. The van der Waals surface area contributed by atoms with Crippen LogP contribution in [0.25, 0.3) is 0 Å². The first-order valence-corrected chi connectivity index (χ1v) is 6.99. The molecular weight excluding hydrogens is 371 g/mol. The van der Waals surface area contributed by atoms with Crippen LogP contribution in [-0.4, -0.2) is 12.0 Å². The summed E-state index contributed by atoms with van der Waals surface area (Å²) in [4.78, 5) is 10.5. The van der Waals surface area contributed by atoms with Crippen LogP contribution < -0.4 is 10.1 Å². The van der Waals surface area contributed by atoms with Gasteiger partial charge in [0.1, 0.15) is 0 Å². The molecule has 0 unspecified atom stereocenters. The standard InChI is InChI=1S/C14H13IN2O3/c1-20-14-7-2-10(8-13(14)17(18)19)9-16-12-5-3-11(15)4-6-12/h2-8,16H,9H2,1H3. The van der Waals surface area contributed by atoms with E-state index < -0.39 is 4.92 Å². The summed E-state index contributed by atoms with van der Waals surface area (Å²) in [6, 6.07) is 12.9. The van der Waals surface area contributed by atoms with Gasteiger partial charge in [0.25, 0.3) is 0 Å². The van der Waals surface area contributed by atoms with Gasteiger partial charge in [-0.1, -0.05) is 6.07 Å². The third-order valence-corrected chi connectivity index (χ3v) is 3.50. The second-order valence-electron chi connectivity index (χ2n) is 4.12. The highest BCUT2D eigenvalue weighted by Gasteiger charge is 2.14. The summed E-state index contributed by atoms with van der Waals surface area (Å²) >= 11 is 2.24. The van der Waals surface area contributed by atoms with Crippen molar-refractivity contribution >= 4 is 34.0 Å². The molecule has 0 amide bonds. The molecule has 0 radical (unpaired) electrons. The third-order valence-electron chi connectivity index (χ3n) is 2.78. The SMILES string of the molecule is COc1ccc(CNc2ccc(I)cc2)cc1[N+](=O)[O-]. The number of nitro groups is 1. The Morgan fingerprint density at radius 1 is 1.25 bits per heavy atom. The summed E-state index contributed by atoms with van der Waals surface area (Å²) in [6.45, 7) is 0.519. The van der Waals surface area contributed by atoms with Gasteiger partial charge in [-0.15, -0.1) is 0 Å². The molecule has 1 N–H and O–H groups in total. The smallest absolute Gasteiger partial charge is 0.311 e. The molecule has 104 valence electrons. The van der Waals surface area contributed by atoms with Crippen molar-refractivity contribution in [2.45, 2.75) is 6.54 Å². The van der Waals surface area contributed by atoms with Gasteiger partial charge in [-0.05, 0) is 58.5 Å². The van der Waals surface area contributed by atoms with Gasteiger partial charge in [0, 0.05) is 21.9 Å². The Hall–Kier alpha value is -1.83. The quantitative estimate of drug-likeness (QED) is 0.484. The van der Waals surface area contributed by atoms with E-state index in [0.29, 0.717) is 6.54 Å². The molecule has 6 heteroatoms.